The van der Waals surface area contributed by atoms with Crippen LogP contribution >= 0.6 is 22.6 Å². The van der Waals surface area contributed by atoms with Crippen molar-refractivity contribution in [2.75, 3.05) is 0 Å². The third kappa shape index (κ3) is 2.96. The molecule has 3 nitrogen and oxygen atoms in total. The number of aromatic nitrogens is 1. The molecule has 1 saturated carbocycles. The van der Waals surface area contributed by atoms with Gasteiger partial charge in [0.2, 0.25) is 0 Å². The molecule has 0 bridgehead atoms. The lowest BCUT2D eigenvalue weighted by Gasteiger charge is -2.15. The molecule has 1 fully saturated rings. The van der Waals surface area contributed by atoms with Crippen molar-refractivity contribution in [3.05, 3.63) is 16.0 Å². The van der Waals surface area contributed by atoms with Gasteiger partial charge in [0.15, 0.2) is 11.5 Å². The van der Waals surface area contributed by atoms with Gasteiger partial charge in [0.25, 0.3) is 0 Å². The van der Waals surface area contributed by atoms with Crippen LogP contribution in [0.5, 0.6) is 11.5 Å². The van der Waals surface area contributed by atoms with Crippen LogP contribution in [0.4, 0.5) is 0 Å². The zero-order chi connectivity index (χ0) is 10.8. The van der Waals surface area contributed by atoms with Crippen molar-refractivity contribution in [1.82, 2.24) is 4.98 Å². The Bertz CT molecular complexity index is 350. The third-order valence-corrected chi connectivity index (χ3v) is 2.76. The molecule has 0 N–H and O–H groups in total. The second kappa shape index (κ2) is 4.55. The average molecular weight is 319 g/mol. The molecule has 2 rings (SSSR count). The number of hydrogen-bond donors (Lipinski definition) is 0. The Morgan fingerprint density at radius 2 is 2.13 bits per heavy atom. The van der Waals surface area contributed by atoms with Crippen LogP contribution in [0.15, 0.2) is 12.4 Å². The largest absolute Gasteiger partial charge is 0.486 e. The summed E-state index contributed by atoms with van der Waals surface area (Å²) < 4.78 is 12.5. The summed E-state index contributed by atoms with van der Waals surface area (Å²) >= 11 is 2.22. The van der Waals surface area contributed by atoms with Crippen molar-refractivity contribution in [3.8, 4) is 11.5 Å². The van der Waals surface area contributed by atoms with E-state index >= 15 is 0 Å². The van der Waals surface area contributed by atoms with Crippen LogP contribution in [0.2, 0.25) is 0 Å². The van der Waals surface area contributed by atoms with E-state index < -0.39 is 0 Å². The molecule has 0 aromatic carbocycles. The van der Waals surface area contributed by atoms with E-state index in [1.165, 1.54) is 0 Å². The summed E-state index contributed by atoms with van der Waals surface area (Å²) in [6.07, 6.45) is 6.34. The van der Waals surface area contributed by atoms with Gasteiger partial charge in [0, 0.05) is 6.20 Å². The Hall–Kier alpha value is -0.520. The van der Waals surface area contributed by atoms with Crippen LogP contribution in [0, 0.1) is 3.57 Å². The van der Waals surface area contributed by atoms with Gasteiger partial charge in [0.1, 0.15) is 0 Å². The van der Waals surface area contributed by atoms with Crippen LogP contribution in [0.1, 0.15) is 26.7 Å². The minimum Gasteiger partial charge on any atom is -0.486 e. The first-order chi connectivity index (χ1) is 7.16. The summed E-state index contributed by atoms with van der Waals surface area (Å²) in [4.78, 5) is 4.12. The Morgan fingerprint density at radius 1 is 1.40 bits per heavy atom. The van der Waals surface area contributed by atoms with E-state index in [0.29, 0.717) is 6.10 Å². The van der Waals surface area contributed by atoms with Gasteiger partial charge in [-0.3, -0.25) is 4.98 Å². The van der Waals surface area contributed by atoms with Crippen molar-refractivity contribution in [2.45, 2.75) is 38.9 Å². The van der Waals surface area contributed by atoms with E-state index in [4.69, 9.17) is 9.47 Å². The molecule has 0 spiro atoms. The fraction of sp³-hybridized carbons (Fsp3) is 0.545. The summed E-state index contributed by atoms with van der Waals surface area (Å²) in [7, 11) is 0. The molecule has 0 radical (unpaired) electrons. The molecule has 1 aromatic rings. The van der Waals surface area contributed by atoms with Crippen LogP contribution in [-0.2, 0) is 0 Å². The summed E-state index contributed by atoms with van der Waals surface area (Å²) in [6.45, 7) is 4.02. The Kier molecular flexibility index (Phi) is 3.33. The van der Waals surface area contributed by atoms with Gasteiger partial charge in [-0.2, -0.15) is 0 Å². The molecule has 0 atom stereocenters. The van der Waals surface area contributed by atoms with Crippen LogP contribution in [0.25, 0.3) is 0 Å². The van der Waals surface area contributed by atoms with E-state index in [1.54, 1.807) is 12.4 Å². The van der Waals surface area contributed by atoms with Crippen LogP contribution in [0.3, 0.4) is 0 Å². The third-order valence-electron chi connectivity index (χ3n) is 1.99. The van der Waals surface area contributed by atoms with Gasteiger partial charge >= 0.3 is 0 Å². The molecule has 1 aromatic heterocycles. The maximum atomic E-state index is 5.75. The molecule has 1 heterocycles. The van der Waals surface area contributed by atoms with E-state index in [0.717, 1.165) is 27.9 Å². The monoisotopic (exact) mass is 319 g/mol. The SMILES string of the molecule is CC(C)Oc1c(I)cncc1OC1CC1. The van der Waals surface area contributed by atoms with Gasteiger partial charge in [-0.15, -0.1) is 0 Å². The quantitative estimate of drug-likeness (QED) is 0.800. The Morgan fingerprint density at radius 3 is 2.73 bits per heavy atom. The number of ether oxygens (including phenoxy) is 2. The van der Waals surface area contributed by atoms with Crippen LogP contribution in [-0.4, -0.2) is 17.2 Å². The van der Waals surface area contributed by atoms with Crippen molar-refractivity contribution < 1.29 is 9.47 Å². The van der Waals surface area contributed by atoms with E-state index in [9.17, 15) is 0 Å². The second-order valence-electron chi connectivity index (χ2n) is 3.93. The van der Waals surface area contributed by atoms with Crippen molar-refractivity contribution in [3.63, 3.8) is 0 Å². The highest BCUT2D eigenvalue weighted by Crippen LogP contribution is 2.36. The molecule has 82 valence electrons. The summed E-state index contributed by atoms with van der Waals surface area (Å²) in [5.41, 5.74) is 0. The highest BCUT2D eigenvalue weighted by Gasteiger charge is 2.25. The minimum atomic E-state index is 0.155. The molecular formula is C11H14INO2. The van der Waals surface area contributed by atoms with Crippen molar-refractivity contribution >= 4 is 22.6 Å². The smallest absolute Gasteiger partial charge is 0.180 e. The van der Waals surface area contributed by atoms with Crippen LogP contribution < -0.4 is 9.47 Å². The number of pyridine rings is 1. The zero-order valence-corrected chi connectivity index (χ0v) is 11.0. The lowest BCUT2D eigenvalue weighted by atomic mass is 10.4. The predicted octanol–water partition coefficient (Wildman–Crippen LogP) is 3.01. The van der Waals surface area contributed by atoms with Gasteiger partial charge < -0.3 is 9.47 Å². The molecule has 0 amide bonds. The summed E-state index contributed by atoms with van der Waals surface area (Å²) in [6, 6.07) is 0. The lowest BCUT2D eigenvalue weighted by molar-refractivity contribution is 0.215. The normalized spacial score (nSPS) is 15.5. The first-order valence-corrected chi connectivity index (χ1v) is 6.21. The van der Waals surface area contributed by atoms with Gasteiger partial charge in [-0.25, -0.2) is 0 Å². The lowest BCUT2D eigenvalue weighted by Crippen LogP contribution is -2.09. The van der Waals surface area contributed by atoms with E-state index in [1.807, 2.05) is 13.8 Å². The number of halogens is 1. The van der Waals surface area contributed by atoms with Gasteiger partial charge in [0.05, 0.1) is 22.0 Å². The topological polar surface area (TPSA) is 31.4 Å². The first-order valence-electron chi connectivity index (χ1n) is 5.13. The number of nitrogens with zero attached hydrogens (tertiary/aromatic N) is 1. The van der Waals surface area contributed by atoms with Gasteiger partial charge in [-0.05, 0) is 49.3 Å². The fourth-order valence-electron chi connectivity index (χ4n) is 1.20. The molecular weight excluding hydrogens is 305 g/mol. The average Bonchev–Trinajstić information content (AvgIpc) is 2.94. The zero-order valence-electron chi connectivity index (χ0n) is 8.87. The molecule has 1 aliphatic rings. The maximum Gasteiger partial charge on any atom is 0.180 e. The standard InChI is InChI=1S/C11H14INO2/c1-7(2)14-11-9(12)5-13-6-10(11)15-8-3-4-8/h5-8H,3-4H2,1-2H3. The first kappa shape index (κ1) is 11.0. The van der Waals surface area contributed by atoms with Crippen molar-refractivity contribution in [2.24, 2.45) is 0 Å². The summed E-state index contributed by atoms with van der Waals surface area (Å²) in [5.74, 6) is 1.60. The highest BCUT2D eigenvalue weighted by molar-refractivity contribution is 14.1. The minimum absolute atomic E-state index is 0.155. The predicted molar refractivity (Wildman–Crippen MR) is 66.4 cm³/mol. The van der Waals surface area contributed by atoms with E-state index in [-0.39, 0.29) is 6.10 Å². The Balaban J connectivity index is 2.21. The molecule has 1 aliphatic carbocycles. The fourth-order valence-corrected chi connectivity index (χ4v) is 1.76. The molecule has 4 heteroatoms. The molecule has 0 aliphatic heterocycles. The molecule has 0 unspecified atom stereocenters. The summed E-state index contributed by atoms with van der Waals surface area (Å²) in [5, 5.41) is 0. The molecule has 0 saturated heterocycles. The van der Waals surface area contributed by atoms with Gasteiger partial charge in [-0.1, -0.05) is 0 Å². The molecule has 15 heavy (non-hydrogen) atoms. The second-order valence-corrected chi connectivity index (χ2v) is 5.09. The highest BCUT2D eigenvalue weighted by atomic mass is 127. The maximum absolute atomic E-state index is 5.75. The number of rotatable bonds is 4. The Labute approximate surface area is 103 Å². The van der Waals surface area contributed by atoms with E-state index in [2.05, 4.69) is 27.6 Å². The number of hydrogen-bond acceptors (Lipinski definition) is 3. The van der Waals surface area contributed by atoms with Crippen molar-refractivity contribution in [1.29, 1.82) is 0 Å².